The van der Waals surface area contributed by atoms with Gasteiger partial charge in [-0.3, -0.25) is 19.0 Å². The summed E-state index contributed by atoms with van der Waals surface area (Å²) in [5.41, 5.74) is -0.135. The summed E-state index contributed by atoms with van der Waals surface area (Å²) >= 11 is 6.19. The van der Waals surface area contributed by atoms with Crippen molar-refractivity contribution < 1.29 is 14.7 Å². The second-order valence-electron chi connectivity index (χ2n) is 7.05. The van der Waals surface area contributed by atoms with Crippen molar-refractivity contribution in [2.75, 3.05) is 0 Å². The standard InChI is InChI=1S/C23H15ClN4O4/c1-3-28-22(31)14(10-25)11(2)19(23(28)32)27-26-16-9-5-7-13-18(16)21(30)17-12(20(13)29)6-4-8-15(17)24/h4-9,31H,3H2,1-2H3. The van der Waals surface area contributed by atoms with Gasteiger partial charge in [0.2, 0.25) is 5.88 Å². The summed E-state index contributed by atoms with van der Waals surface area (Å²) in [6.45, 7) is 3.22. The molecule has 1 heterocycles. The number of nitrogens with zero attached hydrogens (tertiary/aromatic N) is 4. The number of aromatic hydroxyl groups is 1. The van der Waals surface area contributed by atoms with Crippen LogP contribution in [0.15, 0.2) is 51.4 Å². The Hall–Kier alpha value is -4.09. The molecule has 158 valence electrons. The second kappa shape index (κ2) is 7.87. The molecule has 0 aliphatic heterocycles. The molecule has 0 bridgehead atoms. The number of hydrogen-bond acceptors (Lipinski definition) is 7. The molecule has 0 amide bonds. The average Bonchev–Trinajstić information content (AvgIpc) is 2.77. The molecule has 1 N–H and O–H groups in total. The number of azo groups is 1. The Bertz CT molecular complexity index is 1460. The third-order valence-corrected chi connectivity index (χ3v) is 5.66. The summed E-state index contributed by atoms with van der Waals surface area (Å²) in [6.07, 6.45) is 0. The maximum absolute atomic E-state index is 13.2. The maximum Gasteiger partial charge on any atom is 0.281 e. The topological polar surface area (TPSA) is 125 Å². The van der Waals surface area contributed by atoms with E-state index in [9.17, 15) is 24.8 Å². The average molecular weight is 447 g/mol. The Kier molecular flexibility index (Phi) is 5.20. The third kappa shape index (κ3) is 3.02. The number of nitriles is 1. The Morgan fingerprint density at radius 3 is 2.34 bits per heavy atom. The van der Waals surface area contributed by atoms with Crippen LogP contribution in [0.2, 0.25) is 5.02 Å². The molecule has 0 saturated heterocycles. The highest BCUT2D eigenvalue weighted by Crippen LogP contribution is 2.37. The van der Waals surface area contributed by atoms with E-state index in [1.807, 2.05) is 6.07 Å². The third-order valence-electron chi connectivity index (χ3n) is 5.34. The van der Waals surface area contributed by atoms with Gasteiger partial charge in [0, 0.05) is 23.2 Å². The number of carbonyl (C=O) groups is 2. The molecule has 2 aromatic carbocycles. The number of halogens is 1. The fourth-order valence-electron chi connectivity index (χ4n) is 3.72. The molecule has 1 aromatic heterocycles. The number of aromatic nitrogens is 1. The summed E-state index contributed by atoms with van der Waals surface area (Å²) in [6, 6.07) is 11.1. The molecule has 0 radical (unpaired) electrons. The second-order valence-corrected chi connectivity index (χ2v) is 7.46. The van der Waals surface area contributed by atoms with Crippen LogP contribution in [0.1, 0.15) is 49.9 Å². The fraction of sp³-hybridized carbons (Fsp3) is 0.130. The van der Waals surface area contributed by atoms with E-state index in [-0.39, 0.29) is 62.1 Å². The van der Waals surface area contributed by atoms with Gasteiger partial charge in [-0.25, -0.2) is 0 Å². The summed E-state index contributed by atoms with van der Waals surface area (Å²) in [7, 11) is 0. The van der Waals surface area contributed by atoms with E-state index in [4.69, 9.17) is 11.6 Å². The largest absolute Gasteiger partial charge is 0.493 e. The van der Waals surface area contributed by atoms with Gasteiger partial charge in [-0.1, -0.05) is 35.9 Å². The molecule has 0 spiro atoms. The number of pyridine rings is 1. The molecule has 0 fully saturated rings. The number of carbonyl (C=O) groups excluding carboxylic acids is 2. The van der Waals surface area contributed by atoms with Gasteiger partial charge in [0.1, 0.15) is 11.6 Å². The Morgan fingerprint density at radius 2 is 1.69 bits per heavy atom. The number of hydrogen-bond donors (Lipinski definition) is 1. The zero-order chi connectivity index (χ0) is 23.2. The van der Waals surface area contributed by atoms with Gasteiger partial charge >= 0.3 is 0 Å². The van der Waals surface area contributed by atoms with E-state index in [1.165, 1.54) is 31.2 Å². The van der Waals surface area contributed by atoms with Gasteiger partial charge in [-0.15, -0.1) is 10.2 Å². The predicted octanol–water partition coefficient (Wildman–Crippen LogP) is 4.60. The minimum atomic E-state index is -0.633. The van der Waals surface area contributed by atoms with Gasteiger partial charge < -0.3 is 5.11 Å². The van der Waals surface area contributed by atoms with E-state index >= 15 is 0 Å². The Balaban J connectivity index is 1.91. The van der Waals surface area contributed by atoms with Gasteiger partial charge in [-0.05, 0) is 26.0 Å². The molecule has 1 aliphatic rings. The molecule has 8 nitrogen and oxygen atoms in total. The van der Waals surface area contributed by atoms with Crippen molar-refractivity contribution in [3.63, 3.8) is 0 Å². The smallest absolute Gasteiger partial charge is 0.281 e. The van der Waals surface area contributed by atoms with Crippen LogP contribution in [0.4, 0.5) is 11.4 Å². The minimum Gasteiger partial charge on any atom is -0.493 e. The van der Waals surface area contributed by atoms with Crippen molar-refractivity contribution in [2.24, 2.45) is 10.2 Å². The summed E-state index contributed by atoms with van der Waals surface area (Å²) < 4.78 is 1.01. The minimum absolute atomic E-state index is 0.0367. The Labute approximate surface area is 187 Å². The zero-order valence-corrected chi connectivity index (χ0v) is 17.8. The molecule has 3 aromatic rings. The molecule has 0 saturated carbocycles. The fourth-order valence-corrected chi connectivity index (χ4v) is 3.98. The number of benzene rings is 2. The summed E-state index contributed by atoms with van der Waals surface area (Å²) in [4.78, 5) is 38.9. The van der Waals surface area contributed by atoms with Gasteiger partial charge in [0.15, 0.2) is 17.3 Å². The van der Waals surface area contributed by atoms with Crippen molar-refractivity contribution in [3.8, 4) is 11.9 Å². The van der Waals surface area contributed by atoms with Crippen LogP contribution in [-0.4, -0.2) is 21.2 Å². The first kappa shape index (κ1) is 21.2. The van der Waals surface area contributed by atoms with Crippen LogP contribution in [0.3, 0.4) is 0 Å². The highest BCUT2D eigenvalue weighted by Gasteiger charge is 2.33. The lowest BCUT2D eigenvalue weighted by molar-refractivity contribution is 0.0979. The number of ketones is 2. The van der Waals surface area contributed by atoms with Crippen LogP contribution in [0, 0.1) is 18.3 Å². The molecule has 0 unspecified atom stereocenters. The van der Waals surface area contributed by atoms with E-state index in [2.05, 4.69) is 10.2 Å². The lowest BCUT2D eigenvalue weighted by atomic mass is 9.83. The first-order valence-corrected chi connectivity index (χ1v) is 9.98. The van der Waals surface area contributed by atoms with Crippen molar-refractivity contribution in [3.05, 3.63) is 85.2 Å². The van der Waals surface area contributed by atoms with E-state index in [0.717, 1.165) is 4.57 Å². The molecule has 32 heavy (non-hydrogen) atoms. The van der Waals surface area contributed by atoms with Gasteiger partial charge in [0.25, 0.3) is 5.56 Å². The van der Waals surface area contributed by atoms with Crippen LogP contribution < -0.4 is 5.56 Å². The molecule has 1 aliphatic carbocycles. The van der Waals surface area contributed by atoms with Crippen molar-refractivity contribution in [1.29, 1.82) is 5.26 Å². The van der Waals surface area contributed by atoms with Gasteiger partial charge in [0.05, 0.1) is 21.8 Å². The van der Waals surface area contributed by atoms with Crippen LogP contribution in [0.5, 0.6) is 5.88 Å². The lowest BCUT2D eigenvalue weighted by Crippen LogP contribution is -2.21. The SMILES string of the molecule is CCn1c(O)c(C#N)c(C)c(N=Nc2cccc3c2C(=O)c2c(Cl)cccc2C3=O)c1=O. The quantitative estimate of drug-likeness (QED) is 0.460. The van der Waals surface area contributed by atoms with Crippen molar-refractivity contribution >= 4 is 34.5 Å². The molecular formula is C23H15ClN4O4. The highest BCUT2D eigenvalue weighted by atomic mass is 35.5. The normalized spacial score (nSPS) is 12.6. The first-order valence-electron chi connectivity index (χ1n) is 9.60. The molecule has 4 rings (SSSR count). The van der Waals surface area contributed by atoms with Crippen LogP contribution in [-0.2, 0) is 6.54 Å². The van der Waals surface area contributed by atoms with E-state index in [0.29, 0.717) is 0 Å². The Morgan fingerprint density at radius 1 is 1.03 bits per heavy atom. The van der Waals surface area contributed by atoms with Crippen molar-refractivity contribution in [2.45, 2.75) is 20.4 Å². The number of fused-ring (bicyclic) bond motifs is 2. The van der Waals surface area contributed by atoms with E-state index in [1.54, 1.807) is 19.1 Å². The summed E-state index contributed by atoms with van der Waals surface area (Å²) in [5.74, 6) is -1.28. The monoisotopic (exact) mass is 446 g/mol. The van der Waals surface area contributed by atoms with Gasteiger partial charge in [-0.2, -0.15) is 5.26 Å². The van der Waals surface area contributed by atoms with Crippen LogP contribution in [0.25, 0.3) is 0 Å². The predicted molar refractivity (Wildman–Crippen MR) is 116 cm³/mol. The summed E-state index contributed by atoms with van der Waals surface area (Å²) in [5, 5.41) is 27.8. The lowest BCUT2D eigenvalue weighted by Gasteiger charge is -2.19. The number of rotatable bonds is 3. The first-order chi connectivity index (χ1) is 15.3. The molecular weight excluding hydrogens is 432 g/mol. The molecule has 9 heteroatoms. The zero-order valence-electron chi connectivity index (χ0n) is 17.0. The van der Waals surface area contributed by atoms with E-state index < -0.39 is 17.2 Å². The molecule has 0 atom stereocenters. The van der Waals surface area contributed by atoms with Crippen LogP contribution >= 0.6 is 11.6 Å². The van der Waals surface area contributed by atoms with Crippen molar-refractivity contribution in [1.82, 2.24) is 4.57 Å². The highest BCUT2D eigenvalue weighted by molar-refractivity contribution is 6.39. The maximum atomic E-state index is 13.2.